The zero-order valence-corrected chi connectivity index (χ0v) is 20.6. The molecule has 11 heteroatoms. The monoisotopic (exact) mass is 490 g/mol. The van der Waals surface area contributed by atoms with Crippen molar-refractivity contribution in [3.05, 3.63) is 46.6 Å². The maximum Gasteiger partial charge on any atom is 0.261 e. The molecule has 1 aliphatic rings. The summed E-state index contributed by atoms with van der Waals surface area (Å²) in [5, 5.41) is 12.5. The number of hydrogen-bond acceptors (Lipinski definition) is 7. The molecule has 1 fully saturated rings. The van der Waals surface area contributed by atoms with E-state index in [1.807, 2.05) is 25.5 Å². The van der Waals surface area contributed by atoms with Crippen molar-refractivity contribution in [1.29, 1.82) is 0 Å². The van der Waals surface area contributed by atoms with E-state index in [2.05, 4.69) is 44.2 Å². The van der Waals surface area contributed by atoms with Gasteiger partial charge in [0.25, 0.3) is 11.5 Å². The van der Waals surface area contributed by atoms with Crippen molar-refractivity contribution in [3.63, 3.8) is 0 Å². The van der Waals surface area contributed by atoms with Gasteiger partial charge in [0.1, 0.15) is 26.9 Å². The van der Waals surface area contributed by atoms with Crippen LogP contribution >= 0.6 is 11.3 Å². The Balaban J connectivity index is 1.28. The van der Waals surface area contributed by atoms with Gasteiger partial charge in [-0.3, -0.25) is 24.2 Å². The molecule has 0 spiro atoms. The minimum absolute atomic E-state index is 0.177. The Kier molecular flexibility index (Phi) is 5.01. The molecule has 0 unspecified atom stereocenters. The molecule has 2 N–H and O–H groups in total. The van der Waals surface area contributed by atoms with Crippen molar-refractivity contribution in [1.82, 2.24) is 39.6 Å². The quantitative estimate of drug-likeness (QED) is 0.392. The van der Waals surface area contributed by atoms with E-state index >= 15 is 0 Å². The smallest absolute Gasteiger partial charge is 0.261 e. The summed E-state index contributed by atoms with van der Waals surface area (Å²) in [6.45, 7) is 6.91. The topological polar surface area (TPSA) is 113 Å². The van der Waals surface area contributed by atoms with E-state index in [-0.39, 0.29) is 17.0 Å². The Morgan fingerprint density at radius 3 is 2.89 bits per heavy atom. The van der Waals surface area contributed by atoms with Gasteiger partial charge >= 0.3 is 0 Å². The summed E-state index contributed by atoms with van der Waals surface area (Å²) in [6, 6.07) is 3.60. The zero-order chi connectivity index (χ0) is 24.3. The normalized spacial score (nSPS) is 16.1. The van der Waals surface area contributed by atoms with Crippen LogP contribution in [0.1, 0.15) is 37.0 Å². The summed E-state index contributed by atoms with van der Waals surface area (Å²) < 4.78 is 3.44. The summed E-state index contributed by atoms with van der Waals surface area (Å²) in [5.74, 6) is -0.205. The number of aryl methyl sites for hydroxylation is 1. The van der Waals surface area contributed by atoms with Gasteiger partial charge in [-0.1, -0.05) is 0 Å². The SMILES string of the molecule is Cn1ccc(-c2cn3nc4c5ncc(C(=O)NCCN6CCCC6(C)C)cc5[nH]c(=O)c4c3s2)n1. The molecule has 180 valence electrons. The van der Waals surface area contributed by atoms with Crippen molar-refractivity contribution >= 4 is 44.0 Å². The van der Waals surface area contributed by atoms with E-state index in [9.17, 15) is 9.59 Å². The van der Waals surface area contributed by atoms with E-state index in [1.54, 1.807) is 21.5 Å². The lowest BCUT2D eigenvalue weighted by Crippen LogP contribution is -2.43. The molecule has 0 atom stereocenters. The fourth-order valence-corrected chi connectivity index (χ4v) is 5.98. The van der Waals surface area contributed by atoms with Gasteiger partial charge in [-0.2, -0.15) is 10.2 Å². The molecular weight excluding hydrogens is 464 g/mol. The first-order chi connectivity index (χ1) is 16.8. The number of hydrogen-bond donors (Lipinski definition) is 2. The van der Waals surface area contributed by atoms with Gasteiger partial charge in [-0.15, -0.1) is 11.3 Å². The lowest BCUT2D eigenvalue weighted by Gasteiger charge is -2.31. The number of nitrogens with one attached hydrogen (secondary N) is 2. The molecule has 1 aliphatic heterocycles. The number of carbonyl (C=O) groups is 1. The van der Waals surface area contributed by atoms with Crippen LogP contribution in [0.15, 0.2) is 35.5 Å². The summed E-state index contributed by atoms with van der Waals surface area (Å²) in [7, 11) is 1.86. The lowest BCUT2D eigenvalue weighted by atomic mass is 10.0. The maximum atomic E-state index is 13.0. The number of nitrogens with zero attached hydrogens (tertiary/aromatic N) is 6. The van der Waals surface area contributed by atoms with Crippen molar-refractivity contribution in [2.24, 2.45) is 7.05 Å². The van der Waals surface area contributed by atoms with Gasteiger partial charge in [0.2, 0.25) is 0 Å². The summed E-state index contributed by atoms with van der Waals surface area (Å²) in [6.07, 6.45) is 7.65. The molecule has 5 aromatic rings. The van der Waals surface area contributed by atoms with Crippen LogP contribution in [0.25, 0.3) is 37.3 Å². The van der Waals surface area contributed by atoms with Gasteiger partial charge in [0.15, 0.2) is 0 Å². The summed E-state index contributed by atoms with van der Waals surface area (Å²) in [5.41, 5.74) is 2.73. The molecule has 0 aromatic carbocycles. The van der Waals surface area contributed by atoms with Crippen molar-refractivity contribution < 1.29 is 4.79 Å². The number of likely N-dealkylation sites (tertiary alicyclic amines) is 1. The third kappa shape index (κ3) is 3.71. The highest BCUT2D eigenvalue weighted by Crippen LogP contribution is 2.32. The van der Waals surface area contributed by atoms with Gasteiger partial charge < -0.3 is 10.3 Å². The lowest BCUT2D eigenvalue weighted by molar-refractivity contribution is 0.0940. The van der Waals surface area contributed by atoms with E-state index < -0.39 is 0 Å². The van der Waals surface area contributed by atoms with Crippen LogP contribution in [0.2, 0.25) is 0 Å². The van der Waals surface area contributed by atoms with Crippen molar-refractivity contribution in [2.45, 2.75) is 32.2 Å². The van der Waals surface area contributed by atoms with Gasteiger partial charge in [-0.25, -0.2) is 4.52 Å². The predicted octanol–water partition coefficient (Wildman–Crippen LogP) is 2.79. The standard InChI is InChI=1S/C24H26N8O2S/c1-24(2)6-4-8-31(24)10-7-25-21(33)14-11-16-19(26-12-14)20-18(22(34)27-16)23-32(29-20)13-17(35-23)15-5-9-30(3)28-15/h5,9,11-13H,4,6-8,10H2,1-3H3,(H,25,33)(H,27,34). The van der Waals surface area contributed by atoms with Crippen LogP contribution < -0.4 is 10.9 Å². The molecule has 0 radical (unpaired) electrons. The average Bonchev–Trinajstić information content (AvgIpc) is 3.57. The predicted molar refractivity (Wildman–Crippen MR) is 136 cm³/mol. The fourth-order valence-electron chi connectivity index (χ4n) is 4.92. The van der Waals surface area contributed by atoms with Gasteiger partial charge in [-0.05, 0) is 45.4 Å². The first kappa shape index (κ1) is 21.9. The second-order valence-electron chi connectivity index (χ2n) is 9.68. The number of carbonyl (C=O) groups excluding carboxylic acids is 1. The number of fused-ring (bicyclic) bond motifs is 5. The Hall–Kier alpha value is -3.57. The highest BCUT2D eigenvalue weighted by Gasteiger charge is 2.31. The van der Waals surface area contributed by atoms with Crippen LogP contribution in [-0.4, -0.2) is 65.3 Å². The highest BCUT2D eigenvalue weighted by atomic mass is 32.1. The molecule has 5 aromatic heterocycles. The summed E-state index contributed by atoms with van der Waals surface area (Å²) >= 11 is 1.46. The Bertz CT molecular complexity index is 1660. The minimum atomic E-state index is -0.257. The Labute approximate surface area is 204 Å². The number of thiazole rings is 1. The molecule has 0 aliphatic carbocycles. The molecule has 0 bridgehead atoms. The van der Waals surface area contributed by atoms with E-state index in [1.165, 1.54) is 24.2 Å². The minimum Gasteiger partial charge on any atom is -0.351 e. The van der Waals surface area contributed by atoms with Crippen LogP contribution in [-0.2, 0) is 7.05 Å². The number of amides is 1. The maximum absolute atomic E-state index is 13.0. The summed E-state index contributed by atoms with van der Waals surface area (Å²) in [4.78, 5) is 37.3. The van der Waals surface area contributed by atoms with Gasteiger partial charge in [0.05, 0.1) is 16.0 Å². The third-order valence-corrected chi connectivity index (χ3v) is 7.99. The highest BCUT2D eigenvalue weighted by molar-refractivity contribution is 7.21. The average molecular weight is 491 g/mol. The van der Waals surface area contributed by atoms with Crippen LogP contribution in [0.5, 0.6) is 0 Å². The molecule has 6 rings (SSSR count). The van der Waals surface area contributed by atoms with Crippen molar-refractivity contribution in [3.8, 4) is 10.6 Å². The van der Waals surface area contributed by atoms with Crippen LogP contribution in [0.3, 0.4) is 0 Å². The van der Waals surface area contributed by atoms with Crippen LogP contribution in [0.4, 0.5) is 0 Å². The van der Waals surface area contributed by atoms with Gasteiger partial charge in [0, 0.05) is 44.3 Å². The van der Waals surface area contributed by atoms with E-state index in [4.69, 9.17) is 0 Å². The number of pyridine rings is 2. The van der Waals surface area contributed by atoms with E-state index in [0.29, 0.717) is 34.0 Å². The first-order valence-electron chi connectivity index (χ1n) is 11.7. The molecule has 1 amide bonds. The molecule has 6 heterocycles. The Morgan fingerprint density at radius 1 is 1.29 bits per heavy atom. The van der Waals surface area contributed by atoms with Crippen molar-refractivity contribution in [2.75, 3.05) is 19.6 Å². The largest absolute Gasteiger partial charge is 0.351 e. The molecule has 10 nitrogen and oxygen atoms in total. The number of aromatic nitrogens is 6. The first-order valence-corrected chi connectivity index (χ1v) is 12.5. The molecular formula is C24H26N8O2S. The van der Waals surface area contributed by atoms with Crippen LogP contribution in [0, 0.1) is 0 Å². The second kappa shape index (κ2) is 7.99. The third-order valence-electron chi connectivity index (χ3n) is 6.87. The molecule has 0 saturated carbocycles. The second-order valence-corrected chi connectivity index (χ2v) is 10.7. The fraction of sp³-hybridized carbons (Fsp3) is 0.375. The molecule has 35 heavy (non-hydrogen) atoms. The molecule has 1 saturated heterocycles. The Morgan fingerprint density at radius 2 is 2.14 bits per heavy atom. The number of H-pyrrole nitrogens is 1. The number of aromatic amines is 1. The number of rotatable bonds is 5. The van der Waals surface area contributed by atoms with E-state index in [0.717, 1.165) is 28.5 Å². The zero-order valence-electron chi connectivity index (χ0n) is 19.8.